The van der Waals surface area contributed by atoms with Crippen LogP contribution in [0.5, 0.6) is 28.7 Å². The van der Waals surface area contributed by atoms with E-state index in [1.165, 1.54) is 43.5 Å². The van der Waals surface area contributed by atoms with Crippen LogP contribution in [0.3, 0.4) is 0 Å². The van der Waals surface area contributed by atoms with Crippen molar-refractivity contribution in [1.82, 2.24) is 0 Å². The van der Waals surface area contributed by atoms with E-state index in [0.717, 1.165) is 6.08 Å². The molecule has 11 heteroatoms. The molecule has 2 aromatic carbocycles. The van der Waals surface area contributed by atoms with Crippen molar-refractivity contribution in [2.24, 2.45) is 0 Å². The number of ether oxygens (including phenoxy) is 3. The second-order valence-electron chi connectivity index (χ2n) is 7.25. The van der Waals surface area contributed by atoms with E-state index in [9.17, 15) is 40.5 Å². The molecule has 1 fully saturated rings. The van der Waals surface area contributed by atoms with E-state index >= 15 is 0 Å². The lowest BCUT2D eigenvalue weighted by Crippen LogP contribution is -2.60. The predicted octanol–water partition coefficient (Wildman–Crippen LogP) is -0.113. The molecule has 1 aliphatic heterocycles. The summed E-state index contributed by atoms with van der Waals surface area (Å²) in [5.74, 6) is -2.24. The molecule has 0 unspecified atom stereocenters. The maximum Gasteiger partial charge on any atom is 0.229 e. The van der Waals surface area contributed by atoms with Crippen LogP contribution >= 0.6 is 0 Å². The zero-order valence-corrected chi connectivity index (χ0v) is 17.4. The molecule has 178 valence electrons. The molecule has 2 aromatic rings. The normalized spacial score (nSPS) is 25.2. The number of hydrogen-bond acceptors (Lipinski definition) is 11. The van der Waals surface area contributed by atoms with Crippen molar-refractivity contribution in [3.05, 3.63) is 47.5 Å². The number of benzene rings is 2. The number of phenols is 3. The smallest absolute Gasteiger partial charge is 0.229 e. The Morgan fingerprint density at radius 1 is 1.03 bits per heavy atom. The standard InChI is InChI=1S/C22H24O11/c1-31-21-15(32-22-20(30)19(29)18(28)16(9-23)33-22)7-4-11(17(21)27)12(24)5-2-10-3-6-13(25)14(26)8-10/h2-8,16,18-20,22-23,25-30H,9H2,1H3/t16-,18+,19-,20-,22+/m0/s1. The highest BCUT2D eigenvalue weighted by atomic mass is 16.7. The molecule has 1 heterocycles. The van der Waals surface area contributed by atoms with Crippen molar-refractivity contribution in [3.63, 3.8) is 0 Å². The van der Waals surface area contributed by atoms with E-state index in [1.54, 1.807) is 0 Å². The van der Waals surface area contributed by atoms with Gasteiger partial charge in [-0.25, -0.2) is 0 Å². The Morgan fingerprint density at radius 2 is 1.76 bits per heavy atom. The number of aromatic hydroxyl groups is 3. The van der Waals surface area contributed by atoms with Crippen molar-refractivity contribution >= 4 is 11.9 Å². The molecule has 0 saturated carbocycles. The summed E-state index contributed by atoms with van der Waals surface area (Å²) in [5.41, 5.74) is 0.278. The summed E-state index contributed by atoms with van der Waals surface area (Å²) in [5, 5.41) is 68.6. The molecule has 0 spiro atoms. The van der Waals surface area contributed by atoms with E-state index < -0.39 is 48.8 Å². The first kappa shape index (κ1) is 24.3. The van der Waals surface area contributed by atoms with Crippen LogP contribution in [0.25, 0.3) is 6.08 Å². The molecule has 3 rings (SSSR count). The summed E-state index contributed by atoms with van der Waals surface area (Å²) < 4.78 is 15.9. The van der Waals surface area contributed by atoms with Crippen LogP contribution in [-0.4, -0.2) is 86.0 Å². The Bertz CT molecular complexity index is 1030. The summed E-state index contributed by atoms with van der Waals surface area (Å²) >= 11 is 0. The Labute approximate surface area is 188 Å². The van der Waals surface area contributed by atoms with Crippen LogP contribution in [0.4, 0.5) is 0 Å². The lowest BCUT2D eigenvalue weighted by Gasteiger charge is -2.39. The van der Waals surface area contributed by atoms with E-state index in [2.05, 4.69) is 0 Å². The van der Waals surface area contributed by atoms with Gasteiger partial charge in [-0.1, -0.05) is 12.1 Å². The Kier molecular flexibility index (Phi) is 7.41. The molecule has 1 aliphatic rings. The van der Waals surface area contributed by atoms with Gasteiger partial charge < -0.3 is 50.0 Å². The van der Waals surface area contributed by atoms with Gasteiger partial charge in [-0.05, 0) is 35.9 Å². The minimum atomic E-state index is -1.68. The fraction of sp³-hybridized carbons (Fsp3) is 0.318. The molecule has 0 bridgehead atoms. The predicted molar refractivity (Wildman–Crippen MR) is 112 cm³/mol. The maximum absolute atomic E-state index is 12.6. The number of aliphatic hydroxyl groups is 4. The summed E-state index contributed by atoms with van der Waals surface area (Å²) in [6, 6.07) is 6.48. The molecular formula is C22H24O11. The highest BCUT2D eigenvalue weighted by molar-refractivity contribution is 6.09. The highest BCUT2D eigenvalue weighted by Crippen LogP contribution is 2.41. The fourth-order valence-electron chi connectivity index (χ4n) is 3.24. The average Bonchev–Trinajstić information content (AvgIpc) is 2.80. The quantitative estimate of drug-likeness (QED) is 0.165. The number of hydrogen-bond donors (Lipinski definition) is 7. The maximum atomic E-state index is 12.6. The Balaban J connectivity index is 1.82. The first-order chi connectivity index (χ1) is 15.7. The zero-order valence-electron chi connectivity index (χ0n) is 17.4. The number of aliphatic hydroxyl groups excluding tert-OH is 4. The van der Waals surface area contributed by atoms with E-state index in [1.807, 2.05) is 0 Å². The second-order valence-corrected chi connectivity index (χ2v) is 7.25. The molecule has 11 nitrogen and oxygen atoms in total. The Morgan fingerprint density at radius 3 is 2.39 bits per heavy atom. The molecule has 5 atom stereocenters. The molecule has 7 N–H and O–H groups in total. The third-order valence-corrected chi connectivity index (χ3v) is 5.08. The van der Waals surface area contributed by atoms with Gasteiger partial charge in [0.05, 0.1) is 19.3 Å². The molecule has 33 heavy (non-hydrogen) atoms. The van der Waals surface area contributed by atoms with Crippen LogP contribution in [0.2, 0.25) is 0 Å². The van der Waals surface area contributed by atoms with Crippen molar-refractivity contribution in [1.29, 1.82) is 0 Å². The largest absolute Gasteiger partial charge is 0.504 e. The number of rotatable bonds is 7. The zero-order chi connectivity index (χ0) is 24.3. The van der Waals surface area contributed by atoms with Gasteiger partial charge in [0.1, 0.15) is 24.4 Å². The van der Waals surface area contributed by atoms with Crippen LogP contribution in [0, 0.1) is 0 Å². The minimum absolute atomic E-state index is 0.136. The van der Waals surface area contributed by atoms with Crippen LogP contribution < -0.4 is 9.47 Å². The molecule has 0 aliphatic carbocycles. The number of methoxy groups -OCH3 is 1. The topological polar surface area (TPSA) is 186 Å². The van der Waals surface area contributed by atoms with E-state index in [4.69, 9.17) is 14.2 Å². The number of ketones is 1. The molecule has 0 radical (unpaired) electrons. The van der Waals surface area contributed by atoms with Gasteiger partial charge in [0, 0.05) is 0 Å². The van der Waals surface area contributed by atoms with Crippen LogP contribution in [0.1, 0.15) is 15.9 Å². The van der Waals surface area contributed by atoms with Gasteiger partial charge in [0.25, 0.3) is 0 Å². The third kappa shape index (κ3) is 5.02. The summed E-state index contributed by atoms with van der Waals surface area (Å²) in [6.45, 7) is -0.647. The SMILES string of the molecule is COc1c(O[C@@H]2O[C@@H](CO)[C@@H](O)[C@H](O)[C@@H]2O)ccc(C(=O)C=Cc2ccc(O)c(O)c2)c1O. The number of carbonyl (C=O) groups is 1. The monoisotopic (exact) mass is 464 g/mol. The van der Waals surface area contributed by atoms with Crippen molar-refractivity contribution < 1.29 is 54.8 Å². The summed E-state index contributed by atoms with van der Waals surface area (Å²) in [7, 11) is 1.21. The van der Waals surface area contributed by atoms with Crippen molar-refractivity contribution in [3.8, 4) is 28.7 Å². The number of carbonyl (C=O) groups excluding carboxylic acids is 1. The van der Waals surface area contributed by atoms with Crippen LogP contribution in [-0.2, 0) is 4.74 Å². The van der Waals surface area contributed by atoms with E-state index in [0.29, 0.717) is 5.56 Å². The summed E-state index contributed by atoms with van der Waals surface area (Å²) in [6.07, 6.45) is -5.12. The average molecular weight is 464 g/mol. The van der Waals surface area contributed by atoms with Gasteiger partial charge >= 0.3 is 0 Å². The molecular weight excluding hydrogens is 440 g/mol. The third-order valence-electron chi connectivity index (χ3n) is 5.08. The van der Waals surface area contributed by atoms with Gasteiger partial charge in [0.2, 0.25) is 12.0 Å². The van der Waals surface area contributed by atoms with E-state index in [-0.39, 0.29) is 28.6 Å². The minimum Gasteiger partial charge on any atom is -0.504 e. The number of allylic oxidation sites excluding steroid dienone is 1. The van der Waals surface area contributed by atoms with Gasteiger partial charge in [0.15, 0.2) is 28.8 Å². The van der Waals surface area contributed by atoms with Crippen LogP contribution in [0.15, 0.2) is 36.4 Å². The first-order valence-electron chi connectivity index (χ1n) is 9.79. The summed E-state index contributed by atoms with van der Waals surface area (Å²) in [4.78, 5) is 12.6. The van der Waals surface area contributed by atoms with Gasteiger partial charge in [-0.15, -0.1) is 0 Å². The Hall–Kier alpha value is -3.35. The lowest BCUT2D eigenvalue weighted by atomic mass is 9.99. The lowest BCUT2D eigenvalue weighted by molar-refractivity contribution is -0.277. The van der Waals surface area contributed by atoms with Crippen molar-refractivity contribution in [2.75, 3.05) is 13.7 Å². The molecule has 1 saturated heterocycles. The van der Waals surface area contributed by atoms with Gasteiger partial charge in [-0.3, -0.25) is 4.79 Å². The highest BCUT2D eigenvalue weighted by Gasteiger charge is 2.45. The van der Waals surface area contributed by atoms with Gasteiger partial charge in [-0.2, -0.15) is 0 Å². The number of phenolic OH excluding ortho intramolecular Hbond substituents is 3. The second kappa shape index (κ2) is 10.1. The van der Waals surface area contributed by atoms with Crippen molar-refractivity contribution in [2.45, 2.75) is 30.7 Å². The fourth-order valence-corrected chi connectivity index (χ4v) is 3.24. The first-order valence-corrected chi connectivity index (χ1v) is 9.79. The molecule has 0 aromatic heterocycles. The molecule has 0 amide bonds.